The molecule has 6 heteroatoms. The Morgan fingerprint density at radius 1 is 1.25 bits per heavy atom. The van der Waals surface area contributed by atoms with Gasteiger partial charge in [-0.2, -0.15) is 0 Å². The highest BCUT2D eigenvalue weighted by Gasteiger charge is 2.20. The van der Waals surface area contributed by atoms with E-state index < -0.39 is 0 Å². The van der Waals surface area contributed by atoms with Gasteiger partial charge in [0.05, 0.1) is 5.69 Å². The van der Waals surface area contributed by atoms with Gasteiger partial charge in [-0.05, 0) is 55.5 Å². The van der Waals surface area contributed by atoms with Crippen LogP contribution in [-0.4, -0.2) is 10.9 Å². The number of benzene rings is 1. The predicted octanol–water partition coefficient (Wildman–Crippen LogP) is 4.66. The molecule has 1 aromatic carbocycles. The van der Waals surface area contributed by atoms with E-state index in [1.54, 1.807) is 24.3 Å². The molecule has 0 bridgehead atoms. The summed E-state index contributed by atoms with van der Waals surface area (Å²) in [4.78, 5) is 18.7. The first kappa shape index (κ1) is 15.4. The molecule has 4 nitrogen and oxygen atoms in total. The highest BCUT2D eigenvalue weighted by molar-refractivity contribution is 7.21. The van der Waals surface area contributed by atoms with Crippen molar-refractivity contribution in [2.45, 2.75) is 25.7 Å². The molecule has 0 radical (unpaired) electrons. The number of pyridine rings is 1. The minimum absolute atomic E-state index is 0.226. The number of anilines is 2. The average Bonchev–Trinajstić information content (AvgIpc) is 2.89. The fourth-order valence-corrected chi connectivity index (χ4v) is 4.26. The maximum absolute atomic E-state index is 12.6. The molecule has 1 aliphatic carbocycles. The minimum Gasteiger partial charge on any atom is -0.397 e. The number of hydrogen-bond donors (Lipinski definition) is 2. The number of nitrogens with zero attached hydrogens (tertiary/aromatic N) is 1. The van der Waals surface area contributed by atoms with E-state index in [9.17, 15) is 4.79 Å². The van der Waals surface area contributed by atoms with Crippen molar-refractivity contribution in [1.82, 2.24) is 4.98 Å². The topological polar surface area (TPSA) is 68.0 Å². The van der Waals surface area contributed by atoms with Crippen LogP contribution in [0.2, 0.25) is 5.02 Å². The van der Waals surface area contributed by atoms with Gasteiger partial charge in [-0.25, -0.2) is 4.98 Å². The molecule has 0 atom stereocenters. The van der Waals surface area contributed by atoms with Crippen molar-refractivity contribution in [3.05, 3.63) is 51.5 Å². The first-order chi connectivity index (χ1) is 11.6. The molecule has 1 amide bonds. The van der Waals surface area contributed by atoms with Crippen LogP contribution in [0.4, 0.5) is 11.4 Å². The molecule has 0 spiro atoms. The lowest BCUT2D eigenvalue weighted by molar-refractivity contribution is 0.103. The lowest BCUT2D eigenvalue weighted by atomic mass is 9.95. The van der Waals surface area contributed by atoms with Gasteiger partial charge in [-0.3, -0.25) is 4.79 Å². The molecule has 0 aliphatic heterocycles. The Kier molecular flexibility index (Phi) is 3.90. The van der Waals surface area contributed by atoms with Crippen LogP contribution in [-0.2, 0) is 12.8 Å². The number of nitrogens with two attached hydrogens (primary N) is 1. The van der Waals surface area contributed by atoms with Crippen molar-refractivity contribution >= 4 is 50.4 Å². The van der Waals surface area contributed by atoms with Gasteiger partial charge in [-0.15, -0.1) is 11.3 Å². The van der Waals surface area contributed by atoms with Crippen molar-refractivity contribution < 1.29 is 4.79 Å². The molecule has 0 unspecified atom stereocenters. The Balaban J connectivity index is 1.71. The van der Waals surface area contributed by atoms with Gasteiger partial charge in [0.1, 0.15) is 9.71 Å². The monoisotopic (exact) mass is 357 g/mol. The minimum atomic E-state index is -0.226. The van der Waals surface area contributed by atoms with Gasteiger partial charge < -0.3 is 11.1 Å². The Morgan fingerprint density at radius 3 is 2.92 bits per heavy atom. The molecule has 3 aromatic rings. The van der Waals surface area contributed by atoms with Crippen LogP contribution in [0, 0.1) is 0 Å². The summed E-state index contributed by atoms with van der Waals surface area (Å²) in [5, 5.41) is 4.31. The maximum atomic E-state index is 12.6. The van der Waals surface area contributed by atoms with E-state index in [1.807, 2.05) is 0 Å². The van der Waals surface area contributed by atoms with Crippen molar-refractivity contribution in [3.8, 4) is 0 Å². The zero-order chi connectivity index (χ0) is 16.7. The molecule has 4 rings (SSSR count). The average molecular weight is 358 g/mol. The number of nitrogens with one attached hydrogen (secondary N) is 1. The number of rotatable bonds is 2. The van der Waals surface area contributed by atoms with Crippen LogP contribution in [0.3, 0.4) is 0 Å². The molecule has 1 aliphatic rings. The summed E-state index contributed by atoms with van der Waals surface area (Å²) < 4.78 is 0. The number of aryl methyl sites for hydroxylation is 2. The number of amides is 1. The quantitative estimate of drug-likeness (QED) is 0.700. The highest BCUT2D eigenvalue weighted by atomic mass is 35.5. The molecule has 2 heterocycles. The Bertz CT molecular complexity index is 951. The maximum Gasteiger partial charge on any atom is 0.267 e. The Morgan fingerprint density at radius 2 is 2.08 bits per heavy atom. The van der Waals surface area contributed by atoms with Crippen molar-refractivity contribution in [1.29, 1.82) is 0 Å². The summed E-state index contributed by atoms with van der Waals surface area (Å²) >= 11 is 7.31. The standard InChI is InChI=1S/C18H16ClN3OS/c19-11-5-3-6-12(9-11)21-17(23)16-15(20)13-8-10-4-1-2-7-14(10)22-18(13)24-16/h3,5-6,8-9H,1-2,4,7,20H2,(H,21,23). The molecular formula is C18H16ClN3OS. The lowest BCUT2D eigenvalue weighted by Crippen LogP contribution is -2.11. The first-order valence-corrected chi connectivity index (χ1v) is 9.09. The number of halogens is 1. The lowest BCUT2D eigenvalue weighted by Gasteiger charge is -2.14. The van der Waals surface area contributed by atoms with E-state index in [1.165, 1.54) is 29.7 Å². The van der Waals surface area contributed by atoms with Crippen LogP contribution >= 0.6 is 22.9 Å². The third-order valence-electron chi connectivity index (χ3n) is 4.29. The van der Waals surface area contributed by atoms with E-state index in [4.69, 9.17) is 22.3 Å². The van der Waals surface area contributed by atoms with E-state index in [2.05, 4.69) is 11.4 Å². The van der Waals surface area contributed by atoms with Gasteiger partial charge in [0.25, 0.3) is 5.91 Å². The van der Waals surface area contributed by atoms with E-state index in [-0.39, 0.29) is 5.91 Å². The molecule has 3 N–H and O–H groups in total. The van der Waals surface area contributed by atoms with Gasteiger partial charge in [0, 0.05) is 21.8 Å². The second kappa shape index (κ2) is 6.07. The number of aromatic nitrogens is 1. The summed E-state index contributed by atoms with van der Waals surface area (Å²) in [6.45, 7) is 0. The Labute approximate surface area is 148 Å². The molecular weight excluding hydrogens is 342 g/mol. The fourth-order valence-electron chi connectivity index (χ4n) is 3.08. The second-order valence-corrected chi connectivity index (χ2v) is 7.40. The second-order valence-electron chi connectivity index (χ2n) is 5.96. The number of carbonyl (C=O) groups excluding carboxylic acids is 1. The summed E-state index contributed by atoms with van der Waals surface area (Å²) in [6, 6.07) is 9.17. The fraction of sp³-hybridized carbons (Fsp3) is 0.222. The van der Waals surface area contributed by atoms with Crippen LogP contribution in [0.5, 0.6) is 0 Å². The third kappa shape index (κ3) is 2.74. The molecule has 2 aromatic heterocycles. The smallest absolute Gasteiger partial charge is 0.267 e. The Hall–Kier alpha value is -2.11. The molecule has 0 fully saturated rings. The summed E-state index contributed by atoms with van der Waals surface area (Å²) in [7, 11) is 0. The number of thiophene rings is 1. The molecule has 0 saturated heterocycles. The van der Waals surface area contributed by atoms with Crippen LogP contribution in [0.15, 0.2) is 30.3 Å². The van der Waals surface area contributed by atoms with Crippen molar-refractivity contribution in [2.75, 3.05) is 11.1 Å². The molecule has 122 valence electrons. The summed E-state index contributed by atoms with van der Waals surface area (Å²) in [6.07, 6.45) is 4.41. The normalized spacial score (nSPS) is 13.7. The van der Waals surface area contributed by atoms with Gasteiger partial charge in [0.15, 0.2) is 0 Å². The molecule has 0 saturated carbocycles. The van der Waals surface area contributed by atoms with Crippen LogP contribution in [0.1, 0.15) is 33.8 Å². The SMILES string of the molecule is Nc1c(C(=O)Nc2cccc(Cl)c2)sc2nc3c(cc12)CCCC3. The van der Waals surface area contributed by atoms with E-state index in [0.717, 1.165) is 28.8 Å². The number of hydrogen-bond acceptors (Lipinski definition) is 4. The first-order valence-electron chi connectivity index (χ1n) is 7.89. The molecule has 24 heavy (non-hydrogen) atoms. The van der Waals surface area contributed by atoms with Crippen molar-refractivity contribution in [3.63, 3.8) is 0 Å². The largest absolute Gasteiger partial charge is 0.397 e. The van der Waals surface area contributed by atoms with Crippen molar-refractivity contribution in [2.24, 2.45) is 0 Å². The van der Waals surface area contributed by atoms with E-state index >= 15 is 0 Å². The zero-order valence-corrected chi connectivity index (χ0v) is 14.5. The zero-order valence-electron chi connectivity index (χ0n) is 12.9. The summed E-state index contributed by atoms with van der Waals surface area (Å²) in [5.74, 6) is -0.226. The predicted molar refractivity (Wildman–Crippen MR) is 100 cm³/mol. The number of fused-ring (bicyclic) bond motifs is 2. The number of nitrogen functional groups attached to an aromatic ring is 1. The highest BCUT2D eigenvalue weighted by Crippen LogP contribution is 2.35. The van der Waals surface area contributed by atoms with Gasteiger partial charge in [-0.1, -0.05) is 17.7 Å². The van der Waals surface area contributed by atoms with Crippen LogP contribution < -0.4 is 11.1 Å². The van der Waals surface area contributed by atoms with E-state index in [0.29, 0.717) is 21.3 Å². The third-order valence-corrected chi connectivity index (χ3v) is 5.64. The van der Waals surface area contributed by atoms with Gasteiger partial charge >= 0.3 is 0 Å². The number of carbonyl (C=O) groups is 1. The van der Waals surface area contributed by atoms with Gasteiger partial charge in [0.2, 0.25) is 0 Å². The van der Waals surface area contributed by atoms with Crippen LogP contribution in [0.25, 0.3) is 10.2 Å². The summed E-state index contributed by atoms with van der Waals surface area (Å²) in [5.41, 5.74) is 9.81.